The quantitative estimate of drug-likeness (QED) is 0.303. The molecular weight excluding hydrogens is 356 g/mol. The molecule has 6 aromatic rings. The Hall–Kier alpha value is -3.59. The summed E-state index contributed by atoms with van der Waals surface area (Å²) in [6.07, 6.45) is 0. The maximum atomic E-state index is 5.53. The molecule has 3 aromatic carbocycles. The van der Waals surface area contributed by atoms with E-state index in [1.54, 1.807) is 7.11 Å². The van der Waals surface area contributed by atoms with E-state index in [2.05, 4.69) is 78.9 Å². The van der Waals surface area contributed by atoms with Crippen molar-refractivity contribution in [3.8, 4) is 5.75 Å². The molecule has 0 unspecified atom stereocenters. The molecule has 29 heavy (non-hydrogen) atoms. The number of hydrogen-bond acceptors (Lipinski definition) is 2. The van der Waals surface area contributed by atoms with E-state index in [1.807, 2.05) is 6.07 Å². The van der Waals surface area contributed by atoms with E-state index < -0.39 is 0 Å². The van der Waals surface area contributed by atoms with Gasteiger partial charge in [-0.3, -0.25) is 4.98 Å². The van der Waals surface area contributed by atoms with Gasteiger partial charge in [0.05, 0.1) is 29.2 Å². The van der Waals surface area contributed by atoms with E-state index in [0.29, 0.717) is 0 Å². The third-order valence-corrected chi connectivity index (χ3v) is 6.02. The van der Waals surface area contributed by atoms with Gasteiger partial charge in [0.1, 0.15) is 5.75 Å². The summed E-state index contributed by atoms with van der Waals surface area (Å²) in [5, 5.41) is 6.07. The van der Waals surface area contributed by atoms with Gasteiger partial charge in [-0.05, 0) is 61.7 Å². The fourth-order valence-electron chi connectivity index (χ4n) is 4.67. The second-order valence-corrected chi connectivity index (χ2v) is 7.77. The normalized spacial score (nSPS) is 12.0. The van der Waals surface area contributed by atoms with Gasteiger partial charge in [0.2, 0.25) is 0 Å². The Kier molecular flexibility index (Phi) is 3.22. The molecule has 0 spiro atoms. The second kappa shape index (κ2) is 5.71. The van der Waals surface area contributed by atoms with Crippen molar-refractivity contribution in [2.24, 2.45) is 0 Å². The lowest BCUT2D eigenvalue weighted by atomic mass is 10.0. The third-order valence-electron chi connectivity index (χ3n) is 6.02. The first-order valence-electron chi connectivity index (χ1n) is 9.86. The number of benzene rings is 3. The summed E-state index contributed by atoms with van der Waals surface area (Å²) in [6.45, 7) is 4.25. The molecule has 0 aliphatic carbocycles. The van der Waals surface area contributed by atoms with Crippen LogP contribution in [0, 0.1) is 13.8 Å². The van der Waals surface area contributed by atoms with Crippen LogP contribution in [0.4, 0.5) is 0 Å². The molecule has 3 heteroatoms. The third kappa shape index (κ3) is 2.16. The molecule has 0 atom stereocenters. The molecule has 0 bridgehead atoms. The van der Waals surface area contributed by atoms with Crippen molar-refractivity contribution >= 4 is 49.0 Å². The first-order valence-corrected chi connectivity index (χ1v) is 9.86. The van der Waals surface area contributed by atoms with Gasteiger partial charge < -0.3 is 9.14 Å². The minimum atomic E-state index is 0.879. The molecule has 0 aliphatic heterocycles. The highest BCUT2D eigenvalue weighted by atomic mass is 16.5. The van der Waals surface area contributed by atoms with E-state index in [0.717, 1.165) is 17.0 Å². The Balaban J connectivity index is 1.99. The predicted octanol–water partition coefficient (Wildman–Crippen LogP) is 6.57. The van der Waals surface area contributed by atoms with Crippen molar-refractivity contribution in [2.75, 3.05) is 7.11 Å². The molecule has 3 aromatic heterocycles. The van der Waals surface area contributed by atoms with Gasteiger partial charge in [0.15, 0.2) is 0 Å². The fourth-order valence-corrected chi connectivity index (χ4v) is 4.67. The lowest BCUT2D eigenvalue weighted by molar-refractivity contribution is 0.415. The maximum Gasteiger partial charge on any atom is 0.119 e. The monoisotopic (exact) mass is 376 g/mol. The zero-order chi connectivity index (χ0) is 19.7. The van der Waals surface area contributed by atoms with Crippen molar-refractivity contribution in [2.45, 2.75) is 13.8 Å². The zero-order valence-electron chi connectivity index (χ0n) is 16.7. The Bertz CT molecular complexity index is 1610. The highest BCUT2D eigenvalue weighted by Gasteiger charge is 2.16. The average molecular weight is 376 g/mol. The van der Waals surface area contributed by atoms with Crippen LogP contribution in [0.5, 0.6) is 5.75 Å². The zero-order valence-corrected chi connectivity index (χ0v) is 16.7. The summed E-state index contributed by atoms with van der Waals surface area (Å²) in [5.41, 5.74) is 6.99. The molecule has 0 fully saturated rings. The standard InChI is InChI=1S/C26H20N2O/c1-15-8-11-24-22(12-15)21-13-17(29-3)9-10-18(21)25-14-20-16(2)27-23-7-5-4-6-19(23)26(20)28(24)25/h4-14H,1-3H3. The number of pyridine rings is 2. The summed E-state index contributed by atoms with van der Waals surface area (Å²) < 4.78 is 7.95. The van der Waals surface area contributed by atoms with Gasteiger partial charge in [-0.15, -0.1) is 0 Å². The van der Waals surface area contributed by atoms with E-state index >= 15 is 0 Å². The minimum Gasteiger partial charge on any atom is -0.497 e. The Morgan fingerprint density at radius 3 is 2.45 bits per heavy atom. The van der Waals surface area contributed by atoms with Crippen molar-refractivity contribution in [3.05, 3.63) is 78.0 Å². The maximum absolute atomic E-state index is 5.53. The Labute approximate surface area is 168 Å². The van der Waals surface area contributed by atoms with Gasteiger partial charge in [-0.1, -0.05) is 29.8 Å². The van der Waals surface area contributed by atoms with Crippen LogP contribution in [0.15, 0.2) is 66.7 Å². The van der Waals surface area contributed by atoms with E-state index in [-0.39, 0.29) is 0 Å². The first kappa shape index (κ1) is 16.4. The fraction of sp³-hybridized carbons (Fsp3) is 0.115. The summed E-state index contributed by atoms with van der Waals surface area (Å²) in [7, 11) is 1.72. The molecule has 0 N–H and O–H groups in total. The van der Waals surface area contributed by atoms with Gasteiger partial charge in [0.25, 0.3) is 0 Å². The number of rotatable bonds is 1. The summed E-state index contributed by atoms with van der Waals surface area (Å²) in [4.78, 5) is 4.87. The van der Waals surface area contributed by atoms with Crippen molar-refractivity contribution in [3.63, 3.8) is 0 Å². The van der Waals surface area contributed by atoms with Crippen LogP contribution < -0.4 is 4.74 Å². The van der Waals surface area contributed by atoms with Gasteiger partial charge in [-0.25, -0.2) is 0 Å². The smallest absolute Gasteiger partial charge is 0.119 e. The van der Waals surface area contributed by atoms with Crippen molar-refractivity contribution in [1.29, 1.82) is 0 Å². The molecule has 0 saturated heterocycles. The molecule has 3 nitrogen and oxygen atoms in total. The number of aromatic nitrogens is 2. The highest BCUT2D eigenvalue weighted by molar-refractivity contribution is 6.19. The Morgan fingerprint density at radius 2 is 1.59 bits per heavy atom. The number of para-hydroxylation sites is 1. The lowest BCUT2D eigenvalue weighted by Crippen LogP contribution is -1.94. The number of fused-ring (bicyclic) bond motifs is 10. The largest absolute Gasteiger partial charge is 0.497 e. The highest BCUT2D eigenvalue weighted by Crippen LogP contribution is 2.38. The van der Waals surface area contributed by atoms with Crippen LogP contribution in [0.25, 0.3) is 49.0 Å². The van der Waals surface area contributed by atoms with E-state index in [1.165, 1.54) is 49.0 Å². The van der Waals surface area contributed by atoms with Gasteiger partial charge in [-0.2, -0.15) is 0 Å². The average Bonchev–Trinajstić information content (AvgIpc) is 3.15. The van der Waals surface area contributed by atoms with Crippen molar-refractivity contribution < 1.29 is 4.74 Å². The van der Waals surface area contributed by atoms with Crippen molar-refractivity contribution in [1.82, 2.24) is 9.38 Å². The minimum absolute atomic E-state index is 0.879. The molecule has 0 amide bonds. The van der Waals surface area contributed by atoms with E-state index in [4.69, 9.17) is 9.72 Å². The molecule has 0 saturated carbocycles. The van der Waals surface area contributed by atoms with Crippen LogP contribution in [0.3, 0.4) is 0 Å². The number of nitrogens with zero attached hydrogens (tertiary/aromatic N) is 2. The van der Waals surface area contributed by atoms with Crippen LogP contribution >= 0.6 is 0 Å². The molecule has 140 valence electrons. The van der Waals surface area contributed by atoms with Gasteiger partial charge in [0, 0.05) is 27.2 Å². The first-order chi connectivity index (χ1) is 14.2. The number of methoxy groups -OCH3 is 1. The van der Waals surface area contributed by atoms with Crippen LogP contribution in [-0.4, -0.2) is 16.5 Å². The predicted molar refractivity (Wildman–Crippen MR) is 121 cm³/mol. The SMILES string of the molecule is COc1ccc2c(c1)c1cc(C)ccc1n1c2cc2c(C)nc3ccccc3c21. The Morgan fingerprint density at radius 1 is 0.724 bits per heavy atom. The summed E-state index contributed by atoms with van der Waals surface area (Å²) in [6, 6.07) is 23.8. The van der Waals surface area contributed by atoms with E-state index in [9.17, 15) is 0 Å². The second-order valence-electron chi connectivity index (χ2n) is 7.77. The molecular formula is C26H20N2O. The van der Waals surface area contributed by atoms with Crippen LogP contribution in [0.1, 0.15) is 11.3 Å². The number of hydrogen-bond donors (Lipinski definition) is 0. The van der Waals surface area contributed by atoms with Gasteiger partial charge >= 0.3 is 0 Å². The number of ether oxygens (including phenoxy) is 1. The summed E-state index contributed by atoms with van der Waals surface area (Å²) in [5.74, 6) is 0.879. The summed E-state index contributed by atoms with van der Waals surface area (Å²) >= 11 is 0. The number of aryl methyl sites for hydroxylation is 2. The molecule has 6 rings (SSSR count). The van der Waals surface area contributed by atoms with Crippen LogP contribution in [0.2, 0.25) is 0 Å². The van der Waals surface area contributed by atoms with Crippen LogP contribution in [-0.2, 0) is 0 Å². The molecule has 3 heterocycles. The molecule has 0 aliphatic rings. The topological polar surface area (TPSA) is 26.5 Å². The lowest BCUT2D eigenvalue weighted by Gasteiger charge is -2.13. The molecule has 0 radical (unpaired) electrons.